The van der Waals surface area contributed by atoms with Gasteiger partial charge in [-0.15, -0.1) is 0 Å². The normalized spacial score (nSPS) is 12.1. The van der Waals surface area contributed by atoms with Gasteiger partial charge in [0, 0.05) is 0 Å². The molecule has 7 nitrogen and oxygen atoms in total. The molecule has 0 spiro atoms. The lowest BCUT2D eigenvalue weighted by Gasteiger charge is -2.23. The number of phenols is 7. The highest BCUT2D eigenvalue weighted by Crippen LogP contribution is 2.58. The van der Waals surface area contributed by atoms with Crippen molar-refractivity contribution in [1.82, 2.24) is 0 Å². The van der Waals surface area contributed by atoms with Gasteiger partial charge >= 0.3 is 0 Å². The van der Waals surface area contributed by atoms with Crippen molar-refractivity contribution in [3.63, 3.8) is 0 Å². The van der Waals surface area contributed by atoms with Gasteiger partial charge in [0.15, 0.2) is 0 Å². The molecular weight excluding hydrogens is 1520 g/mol. The average Bonchev–Trinajstić information content (AvgIpc) is 1.62. The van der Waals surface area contributed by atoms with Crippen LogP contribution in [0.4, 0.5) is 0 Å². The summed E-state index contributed by atoms with van der Waals surface area (Å²) in [4.78, 5) is 0. The second-order valence-corrected chi connectivity index (χ2v) is 26.8. The molecule has 3 aliphatic rings. The first-order valence-electron chi connectivity index (χ1n) is 47.2. The average molecular weight is 1700 g/mol. The molecule has 4 unspecified atom stereocenters. The summed E-state index contributed by atoms with van der Waals surface area (Å²) in [7, 11) is 0. The third kappa shape index (κ3) is 77.5. The Labute approximate surface area is 763 Å². The van der Waals surface area contributed by atoms with Crippen LogP contribution >= 0.6 is 0 Å². The Morgan fingerprint density at radius 1 is 0.210 bits per heavy atom. The van der Waals surface area contributed by atoms with Crippen LogP contribution in [0.1, 0.15) is 281 Å². The van der Waals surface area contributed by atoms with E-state index < -0.39 is 0 Å². The van der Waals surface area contributed by atoms with E-state index >= 15 is 0 Å². The van der Waals surface area contributed by atoms with E-state index in [-0.39, 0.29) is 0 Å². The van der Waals surface area contributed by atoms with Crippen molar-refractivity contribution in [1.29, 1.82) is 0 Å². The maximum atomic E-state index is 8.63. The SMILES string of the molecule is C1CC2C3CCC(C3)C2C1.CC.CC.CC.CC.CC.CC.CC.CC.CC(C)C.CCC.CCC.CCC.CCc1ccc(-c2ccc(CC)cc2)cc1.CCc1ccc(CC)cc1.Oc1ccccc1.Oc1ccccc1.Oc1ccccc1.Oc1ccccc1.Oc1ccccc1.Oc1ccccc1.Oc1ccccc1.c1ccc2ccccc2c1. The van der Waals surface area contributed by atoms with Crippen molar-refractivity contribution in [3.8, 4) is 51.4 Å². The predicted molar refractivity (Wildman–Crippen MR) is 557 cm³/mol. The number of aromatic hydroxyl groups is 7. The van der Waals surface area contributed by atoms with Gasteiger partial charge < -0.3 is 35.7 Å². The molecule has 4 atom stereocenters. The lowest BCUT2D eigenvalue weighted by atomic mass is 9.82. The fraction of sp³-hybridized carbons (Fsp3) is 0.402. The number of hydrogen-bond acceptors (Lipinski definition) is 7. The highest BCUT2D eigenvalue weighted by molar-refractivity contribution is 5.82. The van der Waals surface area contributed by atoms with Gasteiger partial charge in [-0.05, 0) is 216 Å². The second-order valence-electron chi connectivity index (χ2n) is 26.8. The molecule has 0 aromatic heterocycles. The summed E-state index contributed by atoms with van der Waals surface area (Å²) in [6.45, 7) is 60.0. The summed E-state index contributed by atoms with van der Waals surface area (Å²) in [5.41, 5.74) is 8.26. The standard InChI is InChI=1S/C16H18.C10H16.C10H8.C10H14.7C6H6O.C4H10.3C3H8.8C2H6/c1-3-13-5-9-15(10-6-13)16-11-7-14(4-2)8-12-16;1-2-9-7-4-5-8(6-7)10(9)3-1;1-2-6-10-8-4-3-7-9(10)5-1;1-3-9-5-7-10(4-2)8-6-9;7*7-6-4-2-1-3-5-6;1-4(2)3;3*1-3-2;8*1-2/h5-12H,3-4H2,1-2H3;7-10H,1-6H2;1-8H;5-8H,3-4H2,1-2H3;7*1-5,7H;4H,1-3H3;3*3H2,1-2H3;8*1-2H3. The van der Waals surface area contributed by atoms with Gasteiger partial charge in [0.05, 0.1) is 0 Å². The van der Waals surface area contributed by atoms with Crippen molar-refractivity contribution < 1.29 is 35.7 Å². The number of phenolic OH excluding ortho intramolecular Hbond substituents is 7. The molecule has 0 saturated heterocycles. The Balaban J connectivity index is -0.000000194. The summed E-state index contributed by atoms with van der Waals surface area (Å²) >= 11 is 0. The molecule has 3 aliphatic carbocycles. The van der Waals surface area contributed by atoms with Gasteiger partial charge in [0.2, 0.25) is 0 Å². The molecule has 12 aromatic carbocycles. The Kier molecular flexibility index (Phi) is 105. The van der Waals surface area contributed by atoms with Crippen molar-refractivity contribution in [2.24, 2.45) is 29.6 Å². The Hall–Kier alpha value is -10.5. The van der Waals surface area contributed by atoms with Gasteiger partial charge in [-0.3, -0.25) is 0 Å². The van der Waals surface area contributed by atoms with Crippen LogP contribution < -0.4 is 0 Å². The lowest BCUT2D eigenvalue weighted by molar-refractivity contribution is 0.259. The van der Waals surface area contributed by atoms with E-state index in [9.17, 15) is 0 Å². The van der Waals surface area contributed by atoms with E-state index in [4.69, 9.17) is 35.7 Å². The number of benzene rings is 12. The third-order valence-electron chi connectivity index (χ3n) is 16.2. The van der Waals surface area contributed by atoms with Crippen LogP contribution in [0.15, 0.2) is 334 Å². The molecule has 12 aromatic rings. The number of aryl methyl sites for hydroxylation is 4. The molecule has 3 fully saturated rings. The highest BCUT2D eigenvalue weighted by atomic mass is 16.3. The summed E-state index contributed by atoms with van der Waals surface area (Å²) < 4.78 is 0. The van der Waals surface area contributed by atoms with Crippen molar-refractivity contribution in [2.45, 2.75) is 284 Å². The van der Waals surface area contributed by atoms with E-state index in [1.54, 1.807) is 208 Å². The number of hydrogen-bond donors (Lipinski definition) is 7. The monoisotopic (exact) mass is 1700 g/mol. The first kappa shape index (κ1) is 129. The van der Waals surface area contributed by atoms with Crippen molar-refractivity contribution in [2.75, 3.05) is 0 Å². The number of fused-ring (bicyclic) bond motifs is 6. The maximum Gasteiger partial charge on any atom is 0.115 e. The van der Waals surface area contributed by atoms with E-state index in [2.05, 4.69) is 211 Å². The smallest absolute Gasteiger partial charge is 0.115 e. The van der Waals surface area contributed by atoms with Gasteiger partial charge in [0.1, 0.15) is 40.2 Å². The summed E-state index contributed by atoms with van der Waals surface area (Å²) in [6.07, 6.45) is 17.8. The van der Waals surface area contributed by atoms with Gasteiger partial charge in [0.25, 0.3) is 0 Å². The molecule has 15 rings (SSSR count). The van der Waals surface area contributed by atoms with E-state index in [0.717, 1.165) is 31.6 Å². The first-order chi connectivity index (χ1) is 60.3. The molecule has 124 heavy (non-hydrogen) atoms. The van der Waals surface area contributed by atoms with E-state index in [1.165, 1.54) is 87.1 Å². The molecule has 0 heterocycles. The topological polar surface area (TPSA) is 142 Å². The van der Waals surface area contributed by atoms with Crippen LogP contribution in [0.2, 0.25) is 0 Å². The minimum atomic E-state index is 0.322. The second kappa shape index (κ2) is 101. The summed E-state index contributed by atoms with van der Waals surface area (Å²) in [6, 6.07) is 104. The molecule has 3 saturated carbocycles. The van der Waals surface area contributed by atoms with Crippen LogP contribution in [0.3, 0.4) is 0 Å². The highest BCUT2D eigenvalue weighted by Gasteiger charge is 2.48. The molecule has 7 heteroatoms. The molecule has 0 amide bonds. The fourth-order valence-corrected chi connectivity index (χ4v) is 11.0. The molecule has 2 bridgehead atoms. The fourth-order valence-electron chi connectivity index (χ4n) is 11.0. The molecule has 0 aliphatic heterocycles. The zero-order valence-corrected chi connectivity index (χ0v) is 83.5. The zero-order chi connectivity index (χ0) is 95.6. The number of rotatable bonds is 5. The Morgan fingerprint density at radius 3 is 0.476 bits per heavy atom. The van der Waals surface area contributed by atoms with E-state index in [1.807, 2.05) is 153 Å². The first-order valence-corrected chi connectivity index (χ1v) is 47.2. The quantitative estimate of drug-likeness (QED) is 0.0910. The third-order valence-corrected chi connectivity index (χ3v) is 16.2. The van der Waals surface area contributed by atoms with Gasteiger partial charge in [-0.25, -0.2) is 0 Å². The molecule has 690 valence electrons. The van der Waals surface area contributed by atoms with Crippen LogP contribution in [0.25, 0.3) is 21.9 Å². The van der Waals surface area contributed by atoms with Crippen LogP contribution in [0, 0.1) is 29.6 Å². The Bertz CT molecular complexity index is 3350. The Morgan fingerprint density at radius 2 is 0.347 bits per heavy atom. The largest absolute Gasteiger partial charge is 0.508 e. The van der Waals surface area contributed by atoms with Crippen molar-refractivity contribution in [3.05, 3.63) is 356 Å². The molecule has 7 N–H and O–H groups in total. The number of para-hydroxylation sites is 7. The van der Waals surface area contributed by atoms with Crippen LogP contribution in [-0.2, 0) is 25.7 Å². The van der Waals surface area contributed by atoms with Crippen LogP contribution in [0.5, 0.6) is 40.2 Å². The summed E-state index contributed by atoms with van der Waals surface area (Å²) in [5.74, 6) is 7.88. The van der Waals surface area contributed by atoms with Gasteiger partial charge in [-0.2, -0.15) is 0 Å². The summed E-state index contributed by atoms with van der Waals surface area (Å²) in [5, 5.41) is 63.0. The minimum Gasteiger partial charge on any atom is -0.508 e. The molecule has 0 radical (unpaired) electrons. The van der Waals surface area contributed by atoms with E-state index in [0.29, 0.717) is 40.2 Å². The molecular formula is C117H180O7. The van der Waals surface area contributed by atoms with Gasteiger partial charge in [-0.1, -0.05) is 475 Å². The maximum absolute atomic E-state index is 8.63. The lowest BCUT2D eigenvalue weighted by Crippen LogP contribution is -2.15. The van der Waals surface area contributed by atoms with Crippen molar-refractivity contribution >= 4 is 10.8 Å². The minimum absolute atomic E-state index is 0.322. The zero-order valence-electron chi connectivity index (χ0n) is 83.5. The predicted octanol–water partition coefficient (Wildman–Crippen LogP) is 36.8. The van der Waals surface area contributed by atoms with Crippen LogP contribution in [-0.4, -0.2) is 35.7 Å².